The minimum absolute atomic E-state index is 0.0711. The van der Waals surface area contributed by atoms with Crippen molar-refractivity contribution in [3.8, 4) is 17.3 Å². The third-order valence-electron chi connectivity index (χ3n) is 9.56. The van der Waals surface area contributed by atoms with Crippen molar-refractivity contribution < 1.29 is 18.6 Å². The number of rotatable bonds is 5. The van der Waals surface area contributed by atoms with Crippen LogP contribution in [0, 0.1) is 5.82 Å². The Labute approximate surface area is 231 Å². The molecule has 2 unspecified atom stereocenters. The van der Waals surface area contributed by atoms with Crippen LogP contribution >= 0.6 is 0 Å². The van der Waals surface area contributed by atoms with E-state index < -0.39 is 6.17 Å². The molecule has 9 heteroatoms. The molecule has 2 aromatic heterocycles. The minimum Gasteiger partial charge on any atom is -0.508 e. The van der Waals surface area contributed by atoms with Gasteiger partial charge in [-0.2, -0.15) is 4.98 Å². The van der Waals surface area contributed by atoms with Crippen molar-refractivity contribution in [2.45, 2.75) is 55.9 Å². The first-order valence-corrected chi connectivity index (χ1v) is 14.4. The number of hydrogen-bond acceptors (Lipinski definition) is 6. The van der Waals surface area contributed by atoms with E-state index in [4.69, 9.17) is 9.72 Å². The Balaban J connectivity index is 1.25. The average molecular weight is 546 g/mol. The van der Waals surface area contributed by atoms with Gasteiger partial charge in [-0.3, -0.25) is 4.90 Å². The Kier molecular flexibility index (Phi) is 5.51. The molecule has 0 spiro atoms. The van der Waals surface area contributed by atoms with Gasteiger partial charge in [-0.15, -0.1) is 0 Å². The van der Waals surface area contributed by atoms with E-state index in [1.807, 2.05) is 22.9 Å². The molecular formula is C31H33F2N5O2. The Bertz CT molecular complexity index is 1610. The Morgan fingerprint density at radius 3 is 2.80 bits per heavy atom. The maximum absolute atomic E-state index is 15.2. The fraction of sp³-hybridized carbons (Fsp3) is 0.452. The number of phenolic OH excluding ortho intramolecular Hbond substituents is 1. The van der Waals surface area contributed by atoms with E-state index in [2.05, 4.69) is 15.1 Å². The van der Waals surface area contributed by atoms with Crippen molar-refractivity contribution in [1.29, 1.82) is 0 Å². The standard InChI is InChI=1S/C31H33F2N5O2/c32-20-14-31(8-2-9-37(31)15-20)18-40-28-13-26-24(30(35-28)36-16-21-5-6-22(17-36)34-21)7-10-38(26)27-12-23(39)11-19-3-1-4-25(33)29(19)27/h1,3-4,7,10-13,20-22,34,39H,2,5-6,8-9,14-18H2/t20-,21?,22?,31+/m1/s1. The van der Waals surface area contributed by atoms with Gasteiger partial charge in [0.2, 0.25) is 5.88 Å². The number of nitrogens with one attached hydrogen (secondary N) is 1. The van der Waals surface area contributed by atoms with Crippen molar-refractivity contribution in [2.24, 2.45) is 0 Å². The predicted octanol–water partition coefficient (Wildman–Crippen LogP) is 4.92. The number of aromatic hydroxyl groups is 1. The van der Waals surface area contributed by atoms with E-state index in [1.165, 1.54) is 6.07 Å². The number of anilines is 1. The molecule has 0 aliphatic carbocycles. The van der Waals surface area contributed by atoms with Crippen LogP contribution in [0.4, 0.5) is 14.6 Å². The number of ether oxygens (including phenoxy) is 1. The number of pyridine rings is 1. The predicted molar refractivity (Wildman–Crippen MR) is 151 cm³/mol. The molecular weight excluding hydrogens is 512 g/mol. The molecule has 40 heavy (non-hydrogen) atoms. The first kappa shape index (κ1) is 24.4. The first-order valence-electron chi connectivity index (χ1n) is 14.4. The van der Waals surface area contributed by atoms with E-state index in [9.17, 15) is 9.50 Å². The van der Waals surface area contributed by atoms with Crippen LogP contribution in [0.2, 0.25) is 0 Å². The van der Waals surface area contributed by atoms with Crippen LogP contribution in [0.15, 0.2) is 48.7 Å². The van der Waals surface area contributed by atoms with Crippen molar-refractivity contribution in [3.05, 3.63) is 54.5 Å². The number of benzene rings is 2. The SMILES string of the molecule is Oc1cc(-n2ccc3c(N4CC5CCC(C4)N5)nc(OC[C@@]45CCCN4C[C@H](F)C5)cc32)c2c(F)cccc2c1. The molecule has 0 saturated carbocycles. The van der Waals surface area contributed by atoms with Crippen LogP contribution in [-0.2, 0) is 0 Å². The van der Waals surface area contributed by atoms with Gasteiger partial charge in [-0.25, -0.2) is 8.78 Å². The van der Waals surface area contributed by atoms with Crippen molar-refractivity contribution >= 4 is 27.5 Å². The van der Waals surface area contributed by atoms with E-state index >= 15 is 4.39 Å². The maximum atomic E-state index is 15.2. The molecule has 2 aromatic carbocycles. The molecule has 4 saturated heterocycles. The van der Waals surface area contributed by atoms with E-state index in [1.54, 1.807) is 24.3 Å². The van der Waals surface area contributed by atoms with Gasteiger partial charge >= 0.3 is 0 Å². The number of phenols is 1. The second-order valence-electron chi connectivity index (χ2n) is 12.1. The Morgan fingerprint density at radius 2 is 1.95 bits per heavy atom. The van der Waals surface area contributed by atoms with Gasteiger partial charge in [-0.1, -0.05) is 12.1 Å². The highest BCUT2D eigenvalue weighted by atomic mass is 19.1. The van der Waals surface area contributed by atoms with E-state index in [0.29, 0.717) is 54.0 Å². The number of halogens is 2. The Hall–Kier alpha value is -3.43. The van der Waals surface area contributed by atoms with Crippen LogP contribution < -0.4 is 15.0 Å². The van der Waals surface area contributed by atoms with E-state index in [0.717, 1.165) is 62.0 Å². The number of aromatic nitrogens is 2. The summed E-state index contributed by atoms with van der Waals surface area (Å²) in [4.78, 5) is 9.63. The van der Waals surface area contributed by atoms with Crippen molar-refractivity contribution in [3.63, 3.8) is 0 Å². The maximum Gasteiger partial charge on any atom is 0.217 e. The fourth-order valence-electron chi connectivity index (χ4n) is 7.78. The quantitative estimate of drug-likeness (QED) is 0.371. The fourth-order valence-corrected chi connectivity index (χ4v) is 7.78. The van der Waals surface area contributed by atoms with Gasteiger partial charge in [0, 0.05) is 67.2 Å². The molecule has 2 bridgehead atoms. The molecule has 4 atom stereocenters. The lowest BCUT2D eigenvalue weighted by Gasteiger charge is -2.34. The lowest BCUT2D eigenvalue weighted by Crippen LogP contribution is -2.51. The normalized spacial score (nSPS) is 28.1. The summed E-state index contributed by atoms with van der Waals surface area (Å²) in [6.07, 6.45) is 5.87. The number of hydrogen-bond donors (Lipinski definition) is 2. The molecule has 6 heterocycles. The van der Waals surface area contributed by atoms with Crippen LogP contribution in [0.25, 0.3) is 27.4 Å². The molecule has 4 aliphatic rings. The largest absolute Gasteiger partial charge is 0.508 e. The van der Waals surface area contributed by atoms with Gasteiger partial charge < -0.3 is 24.6 Å². The summed E-state index contributed by atoms with van der Waals surface area (Å²) >= 11 is 0. The minimum atomic E-state index is -0.822. The third kappa shape index (κ3) is 3.85. The van der Waals surface area contributed by atoms with Gasteiger partial charge in [0.1, 0.15) is 30.2 Å². The van der Waals surface area contributed by atoms with Crippen LogP contribution in [0.3, 0.4) is 0 Å². The highest BCUT2D eigenvalue weighted by molar-refractivity contribution is 5.97. The van der Waals surface area contributed by atoms with Gasteiger partial charge in [0.25, 0.3) is 0 Å². The topological polar surface area (TPSA) is 65.8 Å². The van der Waals surface area contributed by atoms with Crippen LogP contribution in [0.1, 0.15) is 32.1 Å². The van der Waals surface area contributed by atoms with Crippen molar-refractivity contribution in [1.82, 2.24) is 19.8 Å². The summed E-state index contributed by atoms with van der Waals surface area (Å²) in [5, 5.41) is 16.3. The zero-order valence-electron chi connectivity index (χ0n) is 22.3. The zero-order chi connectivity index (χ0) is 27.0. The monoisotopic (exact) mass is 545 g/mol. The van der Waals surface area contributed by atoms with Crippen LogP contribution in [-0.4, -0.2) is 76.1 Å². The Morgan fingerprint density at radius 1 is 1.10 bits per heavy atom. The second kappa shape index (κ2) is 9.04. The summed E-state index contributed by atoms with van der Waals surface area (Å²) in [5.41, 5.74) is 1.11. The summed E-state index contributed by atoms with van der Waals surface area (Å²) < 4.78 is 38.0. The van der Waals surface area contributed by atoms with E-state index in [-0.39, 0.29) is 17.1 Å². The molecule has 7 nitrogen and oxygen atoms in total. The van der Waals surface area contributed by atoms with Crippen LogP contribution in [0.5, 0.6) is 11.6 Å². The highest BCUT2D eigenvalue weighted by Gasteiger charge is 2.49. The molecule has 0 radical (unpaired) electrons. The third-order valence-corrected chi connectivity index (χ3v) is 9.56. The summed E-state index contributed by atoms with van der Waals surface area (Å²) in [6.45, 7) is 3.49. The van der Waals surface area contributed by atoms with Gasteiger partial charge in [0.15, 0.2) is 0 Å². The first-order chi connectivity index (χ1) is 19.5. The molecule has 0 amide bonds. The molecule has 208 valence electrons. The second-order valence-corrected chi connectivity index (χ2v) is 12.1. The number of alkyl halides is 1. The molecule has 8 rings (SSSR count). The van der Waals surface area contributed by atoms with Crippen molar-refractivity contribution in [2.75, 3.05) is 37.7 Å². The number of nitrogens with zero attached hydrogens (tertiary/aromatic N) is 4. The molecule has 4 aliphatic heterocycles. The molecule has 2 N–H and O–H groups in total. The number of piperazine rings is 1. The zero-order valence-corrected chi connectivity index (χ0v) is 22.3. The average Bonchev–Trinajstić information content (AvgIpc) is 3.68. The molecule has 4 fully saturated rings. The smallest absolute Gasteiger partial charge is 0.217 e. The summed E-state index contributed by atoms with van der Waals surface area (Å²) in [7, 11) is 0. The van der Waals surface area contributed by atoms with Gasteiger partial charge in [-0.05, 0) is 55.8 Å². The lowest BCUT2D eigenvalue weighted by molar-refractivity contribution is 0.111. The molecule has 4 aromatic rings. The highest BCUT2D eigenvalue weighted by Crippen LogP contribution is 2.41. The summed E-state index contributed by atoms with van der Waals surface area (Å²) in [5.74, 6) is 1.06. The lowest BCUT2D eigenvalue weighted by atomic mass is 9.95. The summed E-state index contributed by atoms with van der Waals surface area (Å²) in [6, 6.07) is 12.9. The van der Waals surface area contributed by atoms with Gasteiger partial charge in [0.05, 0.1) is 16.7 Å². The number of fused-ring (bicyclic) bond motifs is 5.